The van der Waals surface area contributed by atoms with Crippen LogP contribution in [-0.2, 0) is 51.9 Å². The van der Waals surface area contributed by atoms with Gasteiger partial charge < -0.3 is 9.29 Å². The average Bonchev–Trinajstić information content (AvgIpc) is 2.97. The number of halogens is 2. The lowest BCUT2D eigenvalue weighted by molar-refractivity contribution is -0.388. The molecule has 0 aliphatic carbocycles. The molecule has 0 amide bonds. The highest BCUT2D eigenvalue weighted by Crippen LogP contribution is 2.29. The minimum Gasteiger partial charge on any atom is -0.387 e. The third-order valence-electron chi connectivity index (χ3n) is 5.71. The third kappa shape index (κ3) is 9.27. The van der Waals surface area contributed by atoms with Crippen LogP contribution in [0.4, 0.5) is 20.2 Å². The van der Waals surface area contributed by atoms with Crippen molar-refractivity contribution in [3.8, 4) is 0 Å². The second-order valence-corrected chi connectivity index (χ2v) is 10.5. The van der Waals surface area contributed by atoms with E-state index in [4.69, 9.17) is 14.7 Å². The van der Waals surface area contributed by atoms with Gasteiger partial charge in [-0.1, -0.05) is 17.7 Å². The van der Waals surface area contributed by atoms with Gasteiger partial charge in [-0.2, -0.15) is 17.2 Å². The van der Waals surface area contributed by atoms with E-state index in [2.05, 4.69) is 9.07 Å². The summed E-state index contributed by atoms with van der Waals surface area (Å²) in [6, 6.07) is 14.4. The molecule has 44 heavy (non-hydrogen) atoms. The van der Waals surface area contributed by atoms with E-state index in [0.717, 1.165) is 24.3 Å². The first-order valence-electron chi connectivity index (χ1n) is 12.3. The molecule has 0 aromatic heterocycles. The molecule has 3 rings (SSSR count). The van der Waals surface area contributed by atoms with Crippen molar-refractivity contribution < 1.29 is 60.7 Å². The highest BCUT2D eigenvalue weighted by Gasteiger charge is 2.56. The number of hydrogen-bond acceptors (Lipinski definition) is 13. The number of aryl methyl sites for hydroxylation is 1. The van der Waals surface area contributed by atoms with Gasteiger partial charge in [-0.15, -0.1) is 0 Å². The summed E-state index contributed by atoms with van der Waals surface area (Å²) in [7, 11) is -5.01. The Labute approximate surface area is 247 Å². The first-order chi connectivity index (χ1) is 20.7. The van der Waals surface area contributed by atoms with Crippen molar-refractivity contribution in [1.82, 2.24) is 0 Å². The molecule has 2 atom stereocenters. The van der Waals surface area contributed by atoms with E-state index < -0.39 is 62.2 Å². The number of benzene rings is 3. The van der Waals surface area contributed by atoms with E-state index in [1.165, 1.54) is 48.5 Å². The summed E-state index contributed by atoms with van der Waals surface area (Å²) in [4.78, 5) is 51.0. The molecule has 0 fully saturated rings. The fraction of sp³-hybridized carbons (Fsp3) is 0.269. The SMILES string of the molecule is Cc1ccc(S(=O)(=O)OC(=O)C(F)(F)[C@H](OOCc2ccc([N+](=O)[O-])cc2)[C@@H](O)COOCc2ccc([N+](=O)[O-])cc2)cc1. The molecule has 0 radical (unpaired) electrons. The van der Waals surface area contributed by atoms with Crippen molar-refractivity contribution in [2.24, 2.45) is 0 Å². The topological polar surface area (TPSA) is 204 Å². The van der Waals surface area contributed by atoms with Crippen LogP contribution in [0.25, 0.3) is 0 Å². The predicted molar refractivity (Wildman–Crippen MR) is 142 cm³/mol. The normalized spacial score (nSPS) is 13.2. The molecular formula is C26H24F2N2O13S. The van der Waals surface area contributed by atoms with Gasteiger partial charge in [-0.3, -0.25) is 20.2 Å². The second-order valence-electron chi connectivity index (χ2n) is 9.00. The van der Waals surface area contributed by atoms with Crippen molar-refractivity contribution in [2.75, 3.05) is 6.61 Å². The number of hydrogen-bond donors (Lipinski definition) is 1. The molecule has 3 aromatic carbocycles. The van der Waals surface area contributed by atoms with Gasteiger partial charge in [0.2, 0.25) is 0 Å². The van der Waals surface area contributed by atoms with Crippen LogP contribution >= 0.6 is 0 Å². The molecule has 18 heteroatoms. The van der Waals surface area contributed by atoms with Gasteiger partial charge in [-0.05, 0) is 54.4 Å². The summed E-state index contributed by atoms with van der Waals surface area (Å²) in [5.74, 6) is -7.46. The van der Waals surface area contributed by atoms with E-state index in [1.54, 1.807) is 6.92 Å². The highest BCUT2D eigenvalue weighted by molar-refractivity contribution is 7.87. The minimum atomic E-state index is -5.01. The highest BCUT2D eigenvalue weighted by atomic mass is 32.2. The van der Waals surface area contributed by atoms with Crippen LogP contribution in [0.15, 0.2) is 77.7 Å². The van der Waals surface area contributed by atoms with Crippen molar-refractivity contribution in [1.29, 1.82) is 0 Å². The maximum atomic E-state index is 15.3. The molecule has 236 valence electrons. The van der Waals surface area contributed by atoms with Crippen LogP contribution in [-0.4, -0.2) is 54.1 Å². The zero-order chi connectivity index (χ0) is 32.5. The lowest BCUT2D eigenvalue weighted by Crippen LogP contribution is -2.52. The van der Waals surface area contributed by atoms with Gasteiger partial charge in [0.1, 0.15) is 30.8 Å². The number of aliphatic hydroxyl groups excluding tert-OH is 1. The largest absolute Gasteiger partial charge is 0.395 e. The monoisotopic (exact) mass is 642 g/mol. The van der Waals surface area contributed by atoms with Gasteiger partial charge >= 0.3 is 22.0 Å². The molecule has 0 saturated heterocycles. The van der Waals surface area contributed by atoms with E-state index in [1.807, 2.05) is 0 Å². The molecule has 15 nitrogen and oxygen atoms in total. The Hall–Kier alpha value is -4.46. The van der Waals surface area contributed by atoms with Crippen LogP contribution < -0.4 is 0 Å². The molecule has 0 spiro atoms. The molecule has 1 N–H and O–H groups in total. The number of non-ortho nitro benzene ring substituents is 2. The molecule has 0 heterocycles. The zero-order valence-corrected chi connectivity index (χ0v) is 23.4. The number of carbonyl (C=O) groups excluding carboxylic acids is 1. The summed E-state index contributed by atoms with van der Waals surface area (Å²) in [6.07, 6.45) is -5.31. The first-order valence-corrected chi connectivity index (χ1v) is 13.7. The van der Waals surface area contributed by atoms with Crippen molar-refractivity contribution in [3.63, 3.8) is 0 Å². The van der Waals surface area contributed by atoms with Crippen molar-refractivity contribution in [2.45, 2.75) is 43.2 Å². The molecule has 3 aromatic rings. The number of nitro benzene ring substituents is 2. The Morgan fingerprint density at radius 1 is 0.841 bits per heavy atom. The van der Waals surface area contributed by atoms with Gasteiger partial charge in [0, 0.05) is 24.3 Å². The number of nitro groups is 2. The van der Waals surface area contributed by atoms with E-state index in [0.29, 0.717) is 11.1 Å². The Morgan fingerprint density at radius 2 is 1.32 bits per heavy atom. The quantitative estimate of drug-likeness (QED) is 0.0779. The van der Waals surface area contributed by atoms with Gasteiger partial charge in [0.15, 0.2) is 6.10 Å². The lowest BCUT2D eigenvalue weighted by atomic mass is 10.1. The van der Waals surface area contributed by atoms with Gasteiger partial charge in [0.25, 0.3) is 11.4 Å². The number of aliphatic hydroxyl groups is 1. The second kappa shape index (κ2) is 14.8. The molecule has 0 aliphatic rings. The van der Waals surface area contributed by atoms with Crippen LogP contribution in [0.3, 0.4) is 0 Å². The van der Waals surface area contributed by atoms with E-state index >= 15 is 8.78 Å². The molecule has 0 bridgehead atoms. The summed E-state index contributed by atoms with van der Waals surface area (Å²) < 4.78 is 59.5. The van der Waals surface area contributed by atoms with Crippen molar-refractivity contribution in [3.05, 3.63) is 110 Å². The lowest BCUT2D eigenvalue weighted by Gasteiger charge is -2.27. The first kappa shape index (κ1) is 34.0. The standard InChI is InChI=1S/C26H24F2N2O13S/c1-17-2-12-22(13-3-17)44(37,38)43-25(32)26(27,28)24(42-41-15-19-6-10-21(11-7-19)30(35)36)23(31)16-40-39-14-18-4-8-20(9-5-18)29(33)34/h2-13,23-24,31H,14-16H2,1H3/t23-,24+/m0/s1. The summed E-state index contributed by atoms with van der Waals surface area (Å²) in [6.45, 7) is -0.355. The van der Waals surface area contributed by atoms with Crippen LogP contribution in [0.2, 0.25) is 0 Å². The summed E-state index contributed by atoms with van der Waals surface area (Å²) >= 11 is 0. The maximum Gasteiger partial charge on any atom is 0.395 e. The number of alkyl halides is 2. The molecular weight excluding hydrogens is 618 g/mol. The maximum absolute atomic E-state index is 15.3. The Bertz CT molecular complexity index is 1550. The van der Waals surface area contributed by atoms with E-state index in [9.17, 15) is 38.5 Å². The van der Waals surface area contributed by atoms with Crippen molar-refractivity contribution >= 4 is 27.5 Å². The fourth-order valence-electron chi connectivity index (χ4n) is 3.31. The minimum absolute atomic E-state index is 0.197. The summed E-state index contributed by atoms with van der Waals surface area (Å²) in [5, 5.41) is 32.0. The number of rotatable bonds is 16. The average molecular weight is 643 g/mol. The smallest absolute Gasteiger partial charge is 0.387 e. The Balaban J connectivity index is 1.70. The molecule has 0 saturated carbocycles. The van der Waals surface area contributed by atoms with Crippen LogP contribution in [0.1, 0.15) is 16.7 Å². The Morgan fingerprint density at radius 3 is 1.80 bits per heavy atom. The van der Waals surface area contributed by atoms with Gasteiger partial charge in [0.05, 0.1) is 9.85 Å². The molecule has 0 aliphatic heterocycles. The number of carbonyl (C=O) groups is 1. The van der Waals surface area contributed by atoms with E-state index in [-0.39, 0.29) is 23.5 Å². The Kier molecular flexibility index (Phi) is 11.5. The van der Waals surface area contributed by atoms with Crippen LogP contribution in [0.5, 0.6) is 0 Å². The fourth-order valence-corrected chi connectivity index (χ4v) is 4.18. The van der Waals surface area contributed by atoms with Gasteiger partial charge in [-0.25, -0.2) is 24.3 Å². The molecule has 0 unspecified atom stereocenters. The third-order valence-corrected chi connectivity index (χ3v) is 6.93. The summed E-state index contributed by atoms with van der Waals surface area (Å²) in [5.41, 5.74) is 0.757. The van der Waals surface area contributed by atoms with Crippen LogP contribution in [0, 0.1) is 27.2 Å². The number of nitrogens with zero attached hydrogens (tertiary/aromatic N) is 2. The predicted octanol–water partition coefficient (Wildman–Crippen LogP) is 3.70. The zero-order valence-electron chi connectivity index (χ0n) is 22.6.